The molecule has 1 aromatic carbocycles. The van der Waals surface area contributed by atoms with E-state index in [4.69, 9.17) is 4.42 Å². The number of aromatic nitrogens is 1. The van der Waals surface area contributed by atoms with E-state index in [-0.39, 0.29) is 11.8 Å². The van der Waals surface area contributed by atoms with Crippen LogP contribution in [0.25, 0.3) is 22.6 Å². The fourth-order valence-electron chi connectivity index (χ4n) is 4.19. The van der Waals surface area contributed by atoms with Gasteiger partial charge in [0.1, 0.15) is 17.2 Å². The number of pyridine rings is 1. The minimum absolute atomic E-state index is 0.00571. The van der Waals surface area contributed by atoms with E-state index < -0.39 is 0 Å². The Hall–Kier alpha value is -3.67. The molecule has 2 aliphatic heterocycles. The fourth-order valence-corrected chi connectivity index (χ4v) is 4.19. The van der Waals surface area contributed by atoms with Crippen molar-refractivity contribution in [1.82, 2.24) is 9.88 Å². The molecule has 2 aromatic heterocycles. The number of carbonyl (C=O) groups is 2. The highest BCUT2D eigenvalue weighted by molar-refractivity contribution is 5.94. The highest BCUT2D eigenvalue weighted by Gasteiger charge is 2.21. The predicted octanol–water partition coefficient (Wildman–Crippen LogP) is 4.35. The van der Waals surface area contributed by atoms with Crippen molar-refractivity contribution in [1.29, 1.82) is 0 Å². The lowest BCUT2D eigenvalue weighted by atomic mass is 10.0. The average Bonchev–Trinajstić information content (AvgIpc) is 3.14. The van der Waals surface area contributed by atoms with Gasteiger partial charge in [0.25, 0.3) is 0 Å². The van der Waals surface area contributed by atoms with E-state index in [0.717, 1.165) is 45.4 Å². The number of anilines is 1. The molecule has 0 bridgehead atoms. The maximum atomic E-state index is 12.7. The maximum Gasteiger partial charge on any atom is 0.246 e. The van der Waals surface area contributed by atoms with Crippen molar-refractivity contribution in [2.24, 2.45) is 0 Å². The number of amides is 2. The van der Waals surface area contributed by atoms with Crippen LogP contribution < -0.4 is 5.32 Å². The predicted molar refractivity (Wildman–Crippen MR) is 120 cm³/mol. The van der Waals surface area contributed by atoms with Gasteiger partial charge in [0.05, 0.1) is 0 Å². The van der Waals surface area contributed by atoms with Gasteiger partial charge in [0.2, 0.25) is 11.8 Å². The summed E-state index contributed by atoms with van der Waals surface area (Å²) >= 11 is 0. The lowest BCUT2D eigenvalue weighted by Crippen LogP contribution is -2.33. The Morgan fingerprint density at radius 3 is 2.90 bits per heavy atom. The number of para-hydroxylation sites is 1. The van der Waals surface area contributed by atoms with Crippen LogP contribution in [0, 0.1) is 6.92 Å². The van der Waals surface area contributed by atoms with Crippen LogP contribution in [0.4, 0.5) is 5.82 Å². The number of hydrogen-bond donors (Lipinski definition) is 1. The third-order valence-electron chi connectivity index (χ3n) is 5.94. The van der Waals surface area contributed by atoms with Crippen molar-refractivity contribution in [2.45, 2.75) is 26.2 Å². The molecule has 0 spiro atoms. The van der Waals surface area contributed by atoms with Crippen LogP contribution >= 0.6 is 0 Å². The van der Waals surface area contributed by atoms with E-state index in [1.165, 1.54) is 0 Å². The van der Waals surface area contributed by atoms with Crippen molar-refractivity contribution in [3.63, 3.8) is 0 Å². The largest absolute Gasteiger partial charge is 0.456 e. The van der Waals surface area contributed by atoms with Gasteiger partial charge in [-0.2, -0.15) is 0 Å². The van der Waals surface area contributed by atoms with Crippen molar-refractivity contribution in [3.8, 4) is 0 Å². The molecule has 0 radical (unpaired) electrons. The first-order valence-corrected chi connectivity index (χ1v) is 10.5. The second-order valence-corrected chi connectivity index (χ2v) is 7.97. The van der Waals surface area contributed by atoms with E-state index in [0.29, 0.717) is 31.7 Å². The average molecular weight is 413 g/mol. The molecule has 6 nitrogen and oxygen atoms in total. The Morgan fingerprint density at radius 1 is 1.23 bits per heavy atom. The zero-order valence-electron chi connectivity index (χ0n) is 17.4. The summed E-state index contributed by atoms with van der Waals surface area (Å²) in [6.45, 7) is 3.30. The molecule has 0 saturated heterocycles. The van der Waals surface area contributed by atoms with Gasteiger partial charge in [-0.15, -0.1) is 0 Å². The molecule has 6 heteroatoms. The Bertz CT molecular complexity index is 1250. The SMILES string of the molecule is Cc1c(C2=CCN(C(=O)/C=C/c3cnc4c(c3)CCC(=O)N4)CC2)oc2ccccc12. The lowest BCUT2D eigenvalue weighted by Gasteiger charge is -2.25. The summed E-state index contributed by atoms with van der Waals surface area (Å²) in [5.74, 6) is 1.52. The maximum absolute atomic E-state index is 12.7. The summed E-state index contributed by atoms with van der Waals surface area (Å²) in [6, 6.07) is 10.0. The van der Waals surface area contributed by atoms with Crippen LogP contribution in [0.3, 0.4) is 0 Å². The molecule has 0 fully saturated rings. The van der Waals surface area contributed by atoms with Gasteiger partial charge in [-0.05, 0) is 54.7 Å². The highest BCUT2D eigenvalue weighted by Crippen LogP contribution is 2.32. The van der Waals surface area contributed by atoms with Gasteiger partial charge in [-0.1, -0.05) is 24.3 Å². The van der Waals surface area contributed by atoms with Crippen LogP contribution in [0.15, 0.2) is 53.1 Å². The summed E-state index contributed by atoms with van der Waals surface area (Å²) in [5, 5.41) is 3.91. The highest BCUT2D eigenvalue weighted by atomic mass is 16.3. The van der Waals surface area contributed by atoms with Crippen LogP contribution in [0.5, 0.6) is 0 Å². The third-order valence-corrected chi connectivity index (χ3v) is 5.94. The number of fused-ring (bicyclic) bond motifs is 2. The smallest absolute Gasteiger partial charge is 0.246 e. The van der Waals surface area contributed by atoms with Gasteiger partial charge < -0.3 is 14.6 Å². The Balaban J connectivity index is 1.27. The van der Waals surface area contributed by atoms with Crippen LogP contribution in [0.2, 0.25) is 0 Å². The molecule has 31 heavy (non-hydrogen) atoms. The Morgan fingerprint density at radius 2 is 2.10 bits per heavy atom. The molecule has 3 aromatic rings. The molecule has 0 atom stereocenters. The quantitative estimate of drug-likeness (QED) is 0.648. The summed E-state index contributed by atoms with van der Waals surface area (Å²) in [5.41, 5.74) is 5.06. The van der Waals surface area contributed by atoms with E-state index in [9.17, 15) is 9.59 Å². The minimum Gasteiger partial charge on any atom is -0.456 e. The fraction of sp³-hybridized carbons (Fsp3) is 0.240. The first kappa shape index (κ1) is 19.3. The van der Waals surface area contributed by atoms with Gasteiger partial charge in [0.15, 0.2) is 0 Å². The molecule has 4 heterocycles. The zero-order chi connectivity index (χ0) is 21.4. The second kappa shape index (κ2) is 7.87. The number of furan rings is 1. The molecule has 0 aliphatic carbocycles. The molecule has 1 N–H and O–H groups in total. The number of benzene rings is 1. The van der Waals surface area contributed by atoms with E-state index in [1.54, 1.807) is 18.3 Å². The van der Waals surface area contributed by atoms with Gasteiger partial charge in [-0.25, -0.2) is 4.98 Å². The van der Waals surface area contributed by atoms with Gasteiger partial charge in [0, 0.05) is 42.7 Å². The monoisotopic (exact) mass is 413 g/mol. The first-order valence-electron chi connectivity index (χ1n) is 10.5. The zero-order valence-corrected chi connectivity index (χ0v) is 17.4. The van der Waals surface area contributed by atoms with Crippen LogP contribution in [-0.4, -0.2) is 34.8 Å². The van der Waals surface area contributed by atoms with Crippen LogP contribution in [0.1, 0.15) is 35.3 Å². The standard InChI is InChI=1S/C25H23N3O3/c1-16-20-4-2-3-5-21(20)31-24(16)18-10-12-28(13-11-18)23(30)9-6-17-14-19-7-8-22(29)27-25(19)26-15-17/h2-6,9-10,14-15H,7-8,11-13H2,1H3,(H,26,27,29)/b9-6+. The third kappa shape index (κ3) is 3.77. The first-order chi connectivity index (χ1) is 15.1. The normalized spacial score (nSPS) is 16.4. The number of nitrogens with zero attached hydrogens (tertiary/aromatic N) is 2. The molecule has 0 saturated carbocycles. The molecule has 0 unspecified atom stereocenters. The minimum atomic E-state index is -0.0253. The second-order valence-electron chi connectivity index (χ2n) is 7.97. The Kier molecular flexibility index (Phi) is 4.90. The summed E-state index contributed by atoms with van der Waals surface area (Å²) in [6.07, 6.45) is 9.04. The van der Waals surface area contributed by atoms with Crippen molar-refractivity contribution < 1.29 is 14.0 Å². The van der Waals surface area contributed by atoms with E-state index >= 15 is 0 Å². The summed E-state index contributed by atoms with van der Waals surface area (Å²) in [7, 11) is 0. The van der Waals surface area contributed by atoms with Crippen molar-refractivity contribution in [3.05, 3.63) is 71.1 Å². The molecule has 5 rings (SSSR count). The molecule has 156 valence electrons. The van der Waals surface area contributed by atoms with Crippen LogP contribution in [-0.2, 0) is 16.0 Å². The number of rotatable bonds is 3. The molecule has 2 amide bonds. The lowest BCUT2D eigenvalue weighted by molar-refractivity contribution is -0.125. The van der Waals surface area contributed by atoms with Crippen molar-refractivity contribution >= 4 is 40.3 Å². The van der Waals surface area contributed by atoms with Gasteiger partial charge >= 0.3 is 0 Å². The molecular formula is C25H23N3O3. The van der Waals surface area contributed by atoms with Crippen molar-refractivity contribution in [2.75, 3.05) is 18.4 Å². The Labute approximate surface area is 180 Å². The van der Waals surface area contributed by atoms with E-state index in [2.05, 4.69) is 29.4 Å². The molecular weight excluding hydrogens is 390 g/mol. The number of hydrogen-bond acceptors (Lipinski definition) is 4. The summed E-state index contributed by atoms with van der Waals surface area (Å²) in [4.78, 5) is 30.2. The van der Waals surface area contributed by atoms with E-state index in [1.807, 2.05) is 29.2 Å². The summed E-state index contributed by atoms with van der Waals surface area (Å²) < 4.78 is 6.07. The number of carbonyl (C=O) groups excluding carboxylic acids is 2. The molecule has 2 aliphatic rings. The number of nitrogens with one attached hydrogen (secondary N) is 1. The topological polar surface area (TPSA) is 75.4 Å². The van der Waals surface area contributed by atoms with Gasteiger partial charge in [-0.3, -0.25) is 9.59 Å². The number of aryl methyl sites for hydroxylation is 2.